The zero-order chi connectivity index (χ0) is 17.2. The molecule has 1 aromatic heterocycles. The second-order valence-corrected chi connectivity index (χ2v) is 7.64. The van der Waals surface area contributed by atoms with Gasteiger partial charge in [-0.15, -0.1) is 11.8 Å². The Kier molecular flexibility index (Phi) is 4.72. The molecule has 2 aromatic rings. The number of carbonyl (C=O) groups is 1. The average molecular weight is 377 g/mol. The maximum atomic E-state index is 12.4. The van der Waals surface area contributed by atoms with E-state index in [0.717, 1.165) is 23.7 Å². The summed E-state index contributed by atoms with van der Waals surface area (Å²) < 4.78 is 11.8. The van der Waals surface area contributed by atoms with Crippen molar-refractivity contribution in [1.29, 1.82) is 0 Å². The van der Waals surface area contributed by atoms with Crippen LogP contribution < -0.4 is 4.90 Å². The number of hydrogen-bond donors (Lipinski definition) is 0. The standard InChI is InChI=1S/C17H19N3O3S2/c1-24-13-3-2-4-14-15(13)18-17(25-14)20-7-5-19(6-8-20)16(21)12-11-22-9-10-23-12/h2-4,11H,5-10H2,1H3. The third kappa shape index (κ3) is 3.28. The molecule has 3 heterocycles. The lowest BCUT2D eigenvalue weighted by molar-refractivity contribution is -0.132. The first-order valence-electron chi connectivity index (χ1n) is 8.18. The van der Waals surface area contributed by atoms with Crippen molar-refractivity contribution < 1.29 is 14.3 Å². The summed E-state index contributed by atoms with van der Waals surface area (Å²) in [7, 11) is 0. The van der Waals surface area contributed by atoms with E-state index in [9.17, 15) is 4.79 Å². The number of hydrogen-bond acceptors (Lipinski definition) is 7. The predicted molar refractivity (Wildman–Crippen MR) is 100 cm³/mol. The van der Waals surface area contributed by atoms with Crippen molar-refractivity contribution in [3.63, 3.8) is 0 Å². The molecule has 0 bridgehead atoms. The Hall–Kier alpha value is -1.93. The number of carbonyl (C=O) groups excluding carboxylic acids is 1. The van der Waals surface area contributed by atoms with Gasteiger partial charge in [-0.05, 0) is 18.4 Å². The van der Waals surface area contributed by atoms with Gasteiger partial charge >= 0.3 is 0 Å². The van der Waals surface area contributed by atoms with E-state index < -0.39 is 0 Å². The molecule has 25 heavy (non-hydrogen) atoms. The molecule has 8 heteroatoms. The molecule has 0 N–H and O–H groups in total. The number of amides is 1. The highest BCUT2D eigenvalue weighted by molar-refractivity contribution is 7.98. The summed E-state index contributed by atoms with van der Waals surface area (Å²) in [4.78, 5) is 22.5. The molecule has 0 aliphatic carbocycles. The molecule has 0 atom stereocenters. The molecule has 2 aliphatic heterocycles. The van der Waals surface area contributed by atoms with E-state index in [1.165, 1.54) is 15.9 Å². The molecular formula is C17H19N3O3S2. The molecule has 1 saturated heterocycles. The molecule has 0 spiro atoms. The van der Waals surface area contributed by atoms with E-state index in [-0.39, 0.29) is 5.91 Å². The Bertz CT molecular complexity index is 813. The molecule has 0 saturated carbocycles. The molecular weight excluding hydrogens is 358 g/mol. The molecule has 0 unspecified atom stereocenters. The van der Waals surface area contributed by atoms with Crippen molar-refractivity contribution in [2.45, 2.75) is 4.90 Å². The van der Waals surface area contributed by atoms with Crippen LogP contribution in [0.5, 0.6) is 0 Å². The van der Waals surface area contributed by atoms with Gasteiger partial charge in [-0.2, -0.15) is 0 Å². The van der Waals surface area contributed by atoms with Gasteiger partial charge in [0.15, 0.2) is 5.13 Å². The van der Waals surface area contributed by atoms with Crippen molar-refractivity contribution in [3.8, 4) is 0 Å². The lowest BCUT2D eigenvalue weighted by atomic mass is 10.3. The summed E-state index contributed by atoms with van der Waals surface area (Å²) in [6, 6.07) is 6.29. The first-order chi connectivity index (χ1) is 12.3. The minimum atomic E-state index is -0.0895. The number of fused-ring (bicyclic) bond motifs is 1. The van der Waals surface area contributed by atoms with Gasteiger partial charge in [0.1, 0.15) is 19.5 Å². The zero-order valence-electron chi connectivity index (χ0n) is 13.9. The van der Waals surface area contributed by atoms with E-state index in [4.69, 9.17) is 14.5 Å². The quantitative estimate of drug-likeness (QED) is 0.767. The van der Waals surface area contributed by atoms with E-state index in [1.54, 1.807) is 23.1 Å². The van der Waals surface area contributed by atoms with Gasteiger partial charge in [0.25, 0.3) is 5.91 Å². The number of anilines is 1. The molecule has 0 radical (unpaired) electrons. The topological polar surface area (TPSA) is 54.9 Å². The normalized spacial score (nSPS) is 17.9. The number of benzene rings is 1. The fraction of sp³-hybridized carbons (Fsp3) is 0.412. The summed E-state index contributed by atoms with van der Waals surface area (Å²) in [5.41, 5.74) is 1.08. The van der Waals surface area contributed by atoms with Crippen molar-refractivity contribution in [2.24, 2.45) is 0 Å². The van der Waals surface area contributed by atoms with Gasteiger partial charge in [-0.25, -0.2) is 4.98 Å². The molecule has 1 aromatic carbocycles. The van der Waals surface area contributed by atoms with E-state index in [2.05, 4.69) is 29.4 Å². The Morgan fingerprint density at radius 1 is 1.24 bits per heavy atom. The molecule has 1 fully saturated rings. The predicted octanol–water partition coefficient (Wildman–Crippen LogP) is 2.56. The van der Waals surface area contributed by atoms with Crippen LogP contribution in [0.1, 0.15) is 0 Å². The van der Waals surface area contributed by atoms with Gasteiger partial charge < -0.3 is 19.3 Å². The summed E-state index contributed by atoms with van der Waals surface area (Å²) in [5.74, 6) is 0.220. The minimum Gasteiger partial charge on any atom is -0.494 e. The Morgan fingerprint density at radius 2 is 2.08 bits per heavy atom. The van der Waals surface area contributed by atoms with E-state index >= 15 is 0 Å². The van der Waals surface area contributed by atoms with Crippen LogP contribution in [0.15, 0.2) is 35.1 Å². The van der Waals surface area contributed by atoms with Crippen LogP contribution in [0.4, 0.5) is 5.13 Å². The lowest BCUT2D eigenvalue weighted by Crippen LogP contribution is -2.49. The van der Waals surface area contributed by atoms with E-state index in [0.29, 0.717) is 32.1 Å². The third-order valence-electron chi connectivity index (χ3n) is 4.29. The fourth-order valence-corrected chi connectivity index (χ4v) is 4.62. The second kappa shape index (κ2) is 7.13. The van der Waals surface area contributed by atoms with Crippen LogP contribution in [0.25, 0.3) is 10.2 Å². The largest absolute Gasteiger partial charge is 0.494 e. The van der Waals surface area contributed by atoms with Crippen LogP contribution >= 0.6 is 23.1 Å². The maximum absolute atomic E-state index is 12.4. The van der Waals surface area contributed by atoms with Crippen molar-refractivity contribution in [2.75, 3.05) is 50.5 Å². The first-order valence-corrected chi connectivity index (χ1v) is 10.2. The SMILES string of the molecule is CSc1cccc2sc(N3CCN(C(=O)C4=COCCO4)CC3)nc12. The van der Waals surface area contributed by atoms with Gasteiger partial charge in [0.2, 0.25) is 5.76 Å². The Morgan fingerprint density at radius 3 is 2.80 bits per heavy atom. The molecule has 1 amide bonds. The highest BCUT2D eigenvalue weighted by Gasteiger charge is 2.27. The average Bonchev–Trinajstić information content (AvgIpc) is 3.12. The number of thioether (sulfide) groups is 1. The summed E-state index contributed by atoms with van der Waals surface area (Å²) in [6.45, 7) is 3.79. The number of thiazole rings is 1. The van der Waals surface area contributed by atoms with Crippen LogP contribution in [0.3, 0.4) is 0 Å². The van der Waals surface area contributed by atoms with E-state index in [1.807, 2.05) is 4.90 Å². The van der Waals surface area contributed by atoms with Crippen molar-refractivity contribution in [3.05, 3.63) is 30.2 Å². The summed E-state index contributed by atoms with van der Waals surface area (Å²) in [6.07, 6.45) is 3.50. The van der Waals surface area contributed by atoms with Gasteiger partial charge in [0, 0.05) is 31.1 Å². The maximum Gasteiger partial charge on any atom is 0.292 e. The third-order valence-corrected chi connectivity index (χ3v) is 6.14. The molecule has 132 valence electrons. The van der Waals surface area contributed by atoms with Crippen LogP contribution in [-0.2, 0) is 14.3 Å². The number of ether oxygens (including phenoxy) is 2. The molecule has 6 nitrogen and oxygen atoms in total. The highest BCUT2D eigenvalue weighted by Crippen LogP contribution is 2.34. The smallest absolute Gasteiger partial charge is 0.292 e. The highest BCUT2D eigenvalue weighted by atomic mass is 32.2. The Balaban J connectivity index is 1.45. The molecule has 4 rings (SSSR count). The van der Waals surface area contributed by atoms with Gasteiger partial charge in [-0.1, -0.05) is 17.4 Å². The fourth-order valence-electron chi connectivity index (χ4n) is 2.95. The lowest BCUT2D eigenvalue weighted by Gasteiger charge is -2.35. The number of piperazine rings is 1. The van der Waals surface area contributed by atoms with Crippen LogP contribution in [-0.4, -0.2) is 61.4 Å². The molecule has 2 aliphatic rings. The van der Waals surface area contributed by atoms with Crippen LogP contribution in [0.2, 0.25) is 0 Å². The van der Waals surface area contributed by atoms with Crippen LogP contribution in [0, 0.1) is 0 Å². The summed E-state index contributed by atoms with van der Waals surface area (Å²) in [5, 5.41) is 1.03. The first kappa shape index (κ1) is 16.5. The van der Waals surface area contributed by atoms with Crippen molar-refractivity contribution in [1.82, 2.24) is 9.88 Å². The minimum absolute atomic E-state index is 0.0895. The number of nitrogens with zero attached hydrogens (tertiary/aromatic N) is 3. The Labute approximate surface area is 154 Å². The van der Waals surface area contributed by atoms with Gasteiger partial charge in [-0.3, -0.25) is 4.79 Å². The number of para-hydroxylation sites is 1. The second-order valence-electron chi connectivity index (χ2n) is 5.78. The number of aromatic nitrogens is 1. The zero-order valence-corrected chi connectivity index (χ0v) is 15.6. The summed E-state index contributed by atoms with van der Waals surface area (Å²) >= 11 is 3.43. The monoisotopic (exact) mass is 377 g/mol. The van der Waals surface area contributed by atoms with Gasteiger partial charge in [0.05, 0.1) is 10.2 Å². The van der Waals surface area contributed by atoms with Crippen molar-refractivity contribution >= 4 is 44.4 Å². The number of rotatable bonds is 3.